The Morgan fingerprint density at radius 2 is 2.00 bits per heavy atom. The van der Waals surface area contributed by atoms with Gasteiger partial charge in [0.1, 0.15) is 5.65 Å². The molecular formula is C18H17N3O3. The van der Waals surface area contributed by atoms with E-state index >= 15 is 0 Å². The molecule has 0 radical (unpaired) electrons. The second-order valence-electron chi connectivity index (χ2n) is 5.48. The van der Waals surface area contributed by atoms with Crippen LogP contribution < -0.4 is 5.32 Å². The minimum Gasteiger partial charge on any atom is -0.478 e. The van der Waals surface area contributed by atoms with Gasteiger partial charge in [-0.25, -0.2) is 9.78 Å². The van der Waals surface area contributed by atoms with Crippen molar-refractivity contribution in [3.8, 4) is 0 Å². The lowest BCUT2D eigenvalue weighted by atomic mass is 10.2. The minimum absolute atomic E-state index is 0.126. The van der Waals surface area contributed by atoms with Gasteiger partial charge in [0.25, 0.3) is 5.91 Å². The Kier molecular flexibility index (Phi) is 4.04. The number of hydrogen-bond donors (Lipinski definition) is 2. The third kappa shape index (κ3) is 2.86. The largest absolute Gasteiger partial charge is 0.478 e. The maximum absolute atomic E-state index is 12.4. The molecular weight excluding hydrogens is 306 g/mol. The average molecular weight is 323 g/mol. The molecule has 0 aliphatic rings. The quantitative estimate of drug-likeness (QED) is 0.772. The fraction of sp³-hybridized carbons (Fsp3) is 0.167. The number of fused-ring (bicyclic) bond motifs is 1. The van der Waals surface area contributed by atoms with E-state index < -0.39 is 5.97 Å². The fourth-order valence-electron chi connectivity index (χ4n) is 2.61. The van der Waals surface area contributed by atoms with E-state index in [9.17, 15) is 9.59 Å². The number of benzene rings is 1. The number of nitrogens with zero attached hydrogens (tertiary/aromatic N) is 2. The van der Waals surface area contributed by atoms with Crippen LogP contribution in [0.2, 0.25) is 0 Å². The van der Waals surface area contributed by atoms with Crippen molar-refractivity contribution in [3.05, 3.63) is 65.1 Å². The van der Waals surface area contributed by atoms with E-state index in [0.29, 0.717) is 11.3 Å². The number of imidazole rings is 1. The number of rotatable bonds is 4. The molecule has 0 fully saturated rings. The number of aryl methyl sites for hydroxylation is 2. The molecule has 1 amide bonds. The molecule has 0 saturated heterocycles. The molecule has 2 N–H and O–H groups in total. The van der Waals surface area contributed by atoms with Crippen LogP contribution in [0.4, 0.5) is 5.69 Å². The van der Waals surface area contributed by atoms with Crippen molar-refractivity contribution in [3.63, 3.8) is 0 Å². The van der Waals surface area contributed by atoms with Crippen molar-refractivity contribution in [2.24, 2.45) is 0 Å². The summed E-state index contributed by atoms with van der Waals surface area (Å²) >= 11 is 0. The number of aromatic nitrogens is 2. The van der Waals surface area contributed by atoms with Crippen LogP contribution in [0.5, 0.6) is 0 Å². The summed E-state index contributed by atoms with van der Waals surface area (Å²) in [5.74, 6) is -1.33. The number of carboxylic acids is 1. The lowest BCUT2D eigenvalue weighted by Crippen LogP contribution is -2.13. The molecule has 0 atom stereocenters. The van der Waals surface area contributed by atoms with Crippen molar-refractivity contribution in [1.82, 2.24) is 9.38 Å². The molecule has 1 aromatic carbocycles. The van der Waals surface area contributed by atoms with E-state index in [-0.39, 0.29) is 11.5 Å². The highest BCUT2D eigenvalue weighted by atomic mass is 16.4. The monoisotopic (exact) mass is 323 g/mol. The highest BCUT2D eigenvalue weighted by Crippen LogP contribution is 2.16. The summed E-state index contributed by atoms with van der Waals surface area (Å²) in [6.07, 6.45) is 2.57. The number of amides is 1. The first-order chi connectivity index (χ1) is 11.5. The van der Waals surface area contributed by atoms with E-state index in [4.69, 9.17) is 5.11 Å². The van der Waals surface area contributed by atoms with Gasteiger partial charge in [-0.05, 0) is 43.7 Å². The van der Waals surface area contributed by atoms with Crippen molar-refractivity contribution in [1.29, 1.82) is 0 Å². The molecule has 0 saturated carbocycles. The smallest absolute Gasteiger partial charge is 0.335 e. The molecule has 24 heavy (non-hydrogen) atoms. The van der Waals surface area contributed by atoms with Crippen LogP contribution >= 0.6 is 0 Å². The second kappa shape index (κ2) is 6.16. The Labute approximate surface area is 138 Å². The third-order valence-electron chi connectivity index (χ3n) is 3.92. The van der Waals surface area contributed by atoms with Crippen molar-refractivity contribution in [2.45, 2.75) is 20.3 Å². The minimum atomic E-state index is -1.03. The Hall–Kier alpha value is -3.15. The summed E-state index contributed by atoms with van der Waals surface area (Å²) in [7, 11) is 0. The fourth-order valence-corrected chi connectivity index (χ4v) is 2.61. The van der Waals surface area contributed by atoms with E-state index in [1.165, 1.54) is 12.1 Å². The predicted octanol–water partition coefficient (Wildman–Crippen LogP) is 3.16. The number of carbonyl (C=O) groups excluding carboxylic acids is 1. The van der Waals surface area contributed by atoms with Crippen LogP contribution in [-0.4, -0.2) is 26.4 Å². The summed E-state index contributed by atoms with van der Waals surface area (Å²) in [4.78, 5) is 27.9. The van der Waals surface area contributed by atoms with Crippen molar-refractivity contribution in [2.75, 3.05) is 5.32 Å². The van der Waals surface area contributed by atoms with Gasteiger partial charge in [0.05, 0.1) is 16.8 Å². The predicted molar refractivity (Wildman–Crippen MR) is 90.7 cm³/mol. The van der Waals surface area contributed by atoms with Gasteiger partial charge in [-0.1, -0.05) is 13.0 Å². The number of pyridine rings is 1. The van der Waals surface area contributed by atoms with Crippen LogP contribution in [0.3, 0.4) is 0 Å². The Morgan fingerprint density at radius 1 is 1.21 bits per heavy atom. The normalized spacial score (nSPS) is 10.8. The third-order valence-corrected chi connectivity index (χ3v) is 3.92. The standard InChI is InChI=1S/C18H17N3O3/c1-3-15-11(2)21-10-13(7-8-16(21)20-15)17(22)19-14-6-4-5-12(9-14)18(23)24/h4-10H,3H2,1-2H3,(H,19,22)(H,23,24). The van der Waals surface area contributed by atoms with Gasteiger partial charge in [0, 0.05) is 17.6 Å². The van der Waals surface area contributed by atoms with Gasteiger partial charge in [-0.15, -0.1) is 0 Å². The number of nitrogens with one attached hydrogen (secondary N) is 1. The maximum Gasteiger partial charge on any atom is 0.335 e. The van der Waals surface area contributed by atoms with Gasteiger partial charge in [0.15, 0.2) is 0 Å². The number of carbonyl (C=O) groups is 2. The van der Waals surface area contributed by atoms with E-state index in [0.717, 1.165) is 23.5 Å². The molecule has 6 heteroatoms. The van der Waals surface area contributed by atoms with Crippen LogP contribution in [0, 0.1) is 6.92 Å². The first-order valence-corrected chi connectivity index (χ1v) is 7.62. The van der Waals surface area contributed by atoms with Gasteiger partial charge in [-0.3, -0.25) is 4.79 Å². The van der Waals surface area contributed by atoms with Crippen LogP contribution in [0.15, 0.2) is 42.6 Å². The topological polar surface area (TPSA) is 83.7 Å². The summed E-state index contributed by atoms with van der Waals surface area (Å²) in [5.41, 5.74) is 3.86. The summed E-state index contributed by atoms with van der Waals surface area (Å²) in [6, 6.07) is 9.66. The zero-order valence-corrected chi connectivity index (χ0v) is 13.4. The number of carboxylic acid groups (broad SMARTS) is 1. The van der Waals surface area contributed by atoms with Crippen molar-refractivity contribution >= 4 is 23.2 Å². The molecule has 6 nitrogen and oxygen atoms in total. The number of hydrogen-bond acceptors (Lipinski definition) is 3. The number of aromatic carboxylic acids is 1. The Morgan fingerprint density at radius 3 is 2.71 bits per heavy atom. The molecule has 0 unspecified atom stereocenters. The summed E-state index contributed by atoms with van der Waals surface area (Å²) in [6.45, 7) is 4.01. The second-order valence-corrected chi connectivity index (χ2v) is 5.48. The van der Waals surface area contributed by atoms with Gasteiger partial charge in [-0.2, -0.15) is 0 Å². The van der Waals surface area contributed by atoms with Crippen LogP contribution in [-0.2, 0) is 6.42 Å². The van der Waals surface area contributed by atoms with E-state index in [1.807, 2.05) is 18.2 Å². The Balaban J connectivity index is 1.90. The molecule has 2 heterocycles. The van der Waals surface area contributed by atoms with E-state index in [1.54, 1.807) is 30.5 Å². The molecule has 0 bridgehead atoms. The lowest BCUT2D eigenvalue weighted by Gasteiger charge is -2.07. The molecule has 3 aromatic rings. The van der Waals surface area contributed by atoms with Crippen molar-refractivity contribution < 1.29 is 14.7 Å². The molecule has 3 rings (SSSR count). The molecule has 0 aliphatic carbocycles. The first kappa shape index (κ1) is 15.7. The lowest BCUT2D eigenvalue weighted by molar-refractivity contribution is 0.0696. The van der Waals surface area contributed by atoms with E-state index in [2.05, 4.69) is 10.3 Å². The molecule has 0 spiro atoms. The first-order valence-electron chi connectivity index (χ1n) is 7.62. The van der Waals surface area contributed by atoms with Crippen LogP contribution in [0.25, 0.3) is 5.65 Å². The zero-order chi connectivity index (χ0) is 17.3. The molecule has 122 valence electrons. The Bertz CT molecular complexity index is 944. The van der Waals surface area contributed by atoms with Gasteiger partial charge in [0.2, 0.25) is 0 Å². The maximum atomic E-state index is 12.4. The van der Waals surface area contributed by atoms with Gasteiger partial charge < -0.3 is 14.8 Å². The average Bonchev–Trinajstić information content (AvgIpc) is 2.90. The molecule has 2 aromatic heterocycles. The highest BCUT2D eigenvalue weighted by Gasteiger charge is 2.12. The number of anilines is 1. The van der Waals surface area contributed by atoms with Crippen LogP contribution in [0.1, 0.15) is 39.0 Å². The van der Waals surface area contributed by atoms with Gasteiger partial charge >= 0.3 is 5.97 Å². The summed E-state index contributed by atoms with van der Waals surface area (Å²) < 4.78 is 1.89. The zero-order valence-electron chi connectivity index (χ0n) is 13.4. The highest BCUT2D eigenvalue weighted by molar-refractivity contribution is 6.04. The SMILES string of the molecule is CCc1nc2ccc(C(=O)Nc3cccc(C(=O)O)c3)cn2c1C. The summed E-state index contributed by atoms with van der Waals surface area (Å²) in [5, 5.41) is 11.7. The molecule has 0 aliphatic heterocycles.